The Hall–Kier alpha value is -2.34. The second kappa shape index (κ2) is 8.33. The standard InChI is InChI=1S/C23H26/c1-5-11-19(6-2)16-20-15-14-18(4)23(17-20)22(7-3)21-12-9-8-10-13-21/h5-6,8-15,17,22H,1-2,7,16H2,3-4H3/b19-11+. The summed E-state index contributed by atoms with van der Waals surface area (Å²) in [6.07, 6.45) is 7.76. The van der Waals surface area contributed by atoms with E-state index in [1.807, 2.05) is 18.2 Å². The fourth-order valence-electron chi connectivity index (χ4n) is 3.08. The highest BCUT2D eigenvalue weighted by atomic mass is 14.2. The maximum atomic E-state index is 3.90. The van der Waals surface area contributed by atoms with Crippen LogP contribution in [0, 0.1) is 6.92 Å². The quantitative estimate of drug-likeness (QED) is 0.521. The SMILES string of the molecule is C=C/C=C(\C=C)Cc1ccc(C)c(C(CC)c2ccccc2)c1. The molecule has 0 heterocycles. The highest BCUT2D eigenvalue weighted by Crippen LogP contribution is 2.31. The monoisotopic (exact) mass is 302 g/mol. The lowest BCUT2D eigenvalue weighted by Crippen LogP contribution is -2.03. The molecule has 0 saturated carbocycles. The molecular formula is C23H26. The molecule has 0 bridgehead atoms. The molecule has 2 aromatic carbocycles. The number of hydrogen-bond acceptors (Lipinski definition) is 0. The van der Waals surface area contributed by atoms with Crippen LogP contribution in [-0.4, -0.2) is 0 Å². The Labute approximate surface area is 140 Å². The third-order valence-electron chi connectivity index (χ3n) is 4.33. The van der Waals surface area contributed by atoms with Crippen LogP contribution in [0.4, 0.5) is 0 Å². The van der Waals surface area contributed by atoms with E-state index in [0.717, 1.165) is 12.8 Å². The van der Waals surface area contributed by atoms with Crippen molar-refractivity contribution >= 4 is 0 Å². The Morgan fingerprint density at radius 1 is 1.09 bits per heavy atom. The number of rotatable bonds is 7. The molecule has 2 rings (SSSR count). The van der Waals surface area contributed by atoms with Gasteiger partial charge >= 0.3 is 0 Å². The molecular weight excluding hydrogens is 276 g/mol. The summed E-state index contributed by atoms with van der Waals surface area (Å²) in [5.74, 6) is 0.451. The van der Waals surface area contributed by atoms with Crippen molar-refractivity contribution in [1.29, 1.82) is 0 Å². The molecule has 0 radical (unpaired) electrons. The molecule has 0 spiro atoms. The van der Waals surface area contributed by atoms with Crippen LogP contribution in [0.15, 0.2) is 85.5 Å². The topological polar surface area (TPSA) is 0 Å². The lowest BCUT2D eigenvalue weighted by atomic mass is 9.85. The van der Waals surface area contributed by atoms with Gasteiger partial charge in [-0.05, 0) is 47.6 Å². The van der Waals surface area contributed by atoms with E-state index >= 15 is 0 Å². The Balaban J connectivity index is 2.38. The van der Waals surface area contributed by atoms with Crippen LogP contribution in [0.5, 0.6) is 0 Å². The molecule has 0 amide bonds. The van der Waals surface area contributed by atoms with E-state index in [1.54, 1.807) is 0 Å². The minimum absolute atomic E-state index is 0.451. The summed E-state index contributed by atoms with van der Waals surface area (Å²) in [5, 5.41) is 0. The molecule has 0 fully saturated rings. The smallest absolute Gasteiger partial charge is 0.00894 e. The third kappa shape index (κ3) is 4.32. The van der Waals surface area contributed by atoms with Crippen LogP contribution in [-0.2, 0) is 6.42 Å². The summed E-state index contributed by atoms with van der Waals surface area (Å²) in [5.41, 5.74) is 6.70. The number of hydrogen-bond donors (Lipinski definition) is 0. The van der Waals surface area contributed by atoms with Crippen molar-refractivity contribution in [2.75, 3.05) is 0 Å². The lowest BCUT2D eigenvalue weighted by molar-refractivity contribution is 0.769. The molecule has 23 heavy (non-hydrogen) atoms. The normalized spacial score (nSPS) is 12.7. The van der Waals surface area contributed by atoms with Gasteiger partial charge in [0.25, 0.3) is 0 Å². The van der Waals surface area contributed by atoms with Gasteiger partial charge in [-0.3, -0.25) is 0 Å². The Morgan fingerprint density at radius 3 is 2.43 bits per heavy atom. The average molecular weight is 302 g/mol. The summed E-state index contributed by atoms with van der Waals surface area (Å²) < 4.78 is 0. The van der Waals surface area contributed by atoms with Gasteiger partial charge in [0, 0.05) is 5.92 Å². The van der Waals surface area contributed by atoms with Crippen LogP contribution in [0.25, 0.3) is 0 Å². The van der Waals surface area contributed by atoms with E-state index in [-0.39, 0.29) is 0 Å². The second-order valence-corrected chi connectivity index (χ2v) is 5.92. The van der Waals surface area contributed by atoms with Gasteiger partial charge in [-0.2, -0.15) is 0 Å². The highest BCUT2D eigenvalue weighted by molar-refractivity contribution is 5.41. The number of allylic oxidation sites excluding steroid dienone is 4. The number of aryl methyl sites for hydroxylation is 1. The molecule has 0 aromatic heterocycles. The molecule has 1 atom stereocenters. The van der Waals surface area contributed by atoms with Gasteiger partial charge in [-0.25, -0.2) is 0 Å². The van der Waals surface area contributed by atoms with Crippen molar-refractivity contribution in [3.05, 3.63) is 108 Å². The summed E-state index contributed by atoms with van der Waals surface area (Å²) in [6, 6.07) is 17.6. The van der Waals surface area contributed by atoms with Crippen LogP contribution < -0.4 is 0 Å². The molecule has 118 valence electrons. The van der Waals surface area contributed by atoms with Gasteiger partial charge in [0.2, 0.25) is 0 Å². The van der Waals surface area contributed by atoms with E-state index in [4.69, 9.17) is 0 Å². The van der Waals surface area contributed by atoms with Gasteiger partial charge in [-0.15, -0.1) is 0 Å². The fourth-order valence-corrected chi connectivity index (χ4v) is 3.08. The van der Waals surface area contributed by atoms with E-state index in [0.29, 0.717) is 5.92 Å². The second-order valence-electron chi connectivity index (χ2n) is 5.92. The van der Waals surface area contributed by atoms with E-state index < -0.39 is 0 Å². The Kier molecular flexibility index (Phi) is 6.17. The zero-order chi connectivity index (χ0) is 16.7. The summed E-state index contributed by atoms with van der Waals surface area (Å²) in [4.78, 5) is 0. The number of benzene rings is 2. The van der Waals surface area contributed by atoms with E-state index in [2.05, 4.69) is 75.5 Å². The van der Waals surface area contributed by atoms with Gasteiger partial charge in [-0.1, -0.05) is 86.8 Å². The van der Waals surface area contributed by atoms with E-state index in [9.17, 15) is 0 Å². The van der Waals surface area contributed by atoms with Crippen molar-refractivity contribution in [1.82, 2.24) is 0 Å². The molecule has 0 aliphatic rings. The molecule has 2 aromatic rings. The maximum Gasteiger partial charge on any atom is 0.00894 e. The zero-order valence-electron chi connectivity index (χ0n) is 14.3. The first-order valence-corrected chi connectivity index (χ1v) is 8.28. The molecule has 1 unspecified atom stereocenters. The molecule has 0 aliphatic heterocycles. The van der Waals surface area contributed by atoms with Crippen molar-refractivity contribution in [2.45, 2.75) is 32.6 Å². The molecule has 0 N–H and O–H groups in total. The predicted octanol–water partition coefficient (Wildman–Crippen LogP) is 6.38. The first kappa shape index (κ1) is 17.0. The Bertz CT molecular complexity index is 689. The van der Waals surface area contributed by atoms with Crippen molar-refractivity contribution in [3.8, 4) is 0 Å². The van der Waals surface area contributed by atoms with Crippen LogP contribution >= 0.6 is 0 Å². The largest absolute Gasteiger partial charge is 0.0991 e. The van der Waals surface area contributed by atoms with Gasteiger partial charge in [0.05, 0.1) is 0 Å². The van der Waals surface area contributed by atoms with Crippen LogP contribution in [0.3, 0.4) is 0 Å². The first-order chi connectivity index (χ1) is 11.2. The molecule has 0 aliphatic carbocycles. The van der Waals surface area contributed by atoms with E-state index in [1.165, 1.54) is 27.8 Å². The predicted molar refractivity (Wildman–Crippen MR) is 102 cm³/mol. The van der Waals surface area contributed by atoms with Crippen molar-refractivity contribution in [2.24, 2.45) is 0 Å². The fraction of sp³-hybridized carbons (Fsp3) is 0.217. The zero-order valence-corrected chi connectivity index (χ0v) is 14.3. The summed E-state index contributed by atoms with van der Waals surface area (Å²) >= 11 is 0. The first-order valence-electron chi connectivity index (χ1n) is 8.28. The highest BCUT2D eigenvalue weighted by Gasteiger charge is 2.14. The molecule has 0 nitrogen and oxygen atoms in total. The van der Waals surface area contributed by atoms with Crippen molar-refractivity contribution < 1.29 is 0 Å². The van der Waals surface area contributed by atoms with Gasteiger partial charge < -0.3 is 0 Å². The van der Waals surface area contributed by atoms with Crippen molar-refractivity contribution in [3.63, 3.8) is 0 Å². The third-order valence-corrected chi connectivity index (χ3v) is 4.33. The Morgan fingerprint density at radius 2 is 1.83 bits per heavy atom. The lowest BCUT2D eigenvalue weighted by Gasteiger charge is -2.19. The molecule has 0 heteroatoms. The molecule has 0 saturated heterocycles. The minimum atomic E-state index is 0.451. The van der Waals surface area contributed by atoms with Crippen LogP contribution in [0.2, 0.25) is 0 Å². The summed E-state index contributed by atoms with van der Waals surface area (Å²) in [7, 11) is 0. The average Bonchev–Trinajstić information content (AvgIpc) is 2.58. The summed E-state index contributed by atoms with van der Waals surface area (Å²) in [6.45, 7) is 12.1. The van der Waals surface area contributed by atoms with Gasteiger partial charge in [0.1, 0.15) is 0 Å². The maximum absolute atomic E-state index is 3.90. The van der Waals surface area contributed by atoms with Crippen LogP contribution in [0.1, 0.15) is 41.5 Å². The van der Waals surface area contributed by atoms with Gasteiger partial charge in [0.15, 0.2) is 0 Å². The minimum Gasteiger partial charge on any atom is -0.0991 e.